The van der Waals surface area contributed by atoms with E-state index in [0.29, 0.717) is 25.3 Å². The first-order valence-electron chi connectivity index (χ1n) is 6.76. The fraction of sp³-hybridized carbons (Fsp3) is 0.533. The van der Waals surface area contributed by atoms with Crippen LogP contribution >= 0.6 is 24.0 Å². The third kappa shape index (κ3) is 6.09. The molecule has 0 bridgehead atoms. The van der Waals surface area contributed by atoms with Gasteiger partial charge in [-0.1, -0.05) is 19.9 Å². The van der Waals surface area contributed by atoms with Crippen LogP contribution in [0.1, 0.15) is 37.8 Å². The molecule has 1 aromatic carbocycles. The van der Waals surface area contributed by atoms with Crippen molar-refractivity contribution in [1.82, 2.24) is 0 Å². The number of halogens is 1. The Bertz CT molecular complexity index is 436. The largest absolute Gasteiger partial charge is 0.388 e. The summed E-state index contributed by atoms with van der Waals surface area (Å²) in [6.07, 6.45) is 1.34. The van der Waals surface area contributed by atoms with Gasteiger partial charge in [0.05, 0.1) is 12.1 Å². The summed E-state index contributed by atoms with van der Waals surface area (Å²) in [5.41, 5.74) is 8.37. The molecule has 1 aromatic rings. The number of aliphatic imine (C=N–C) groups is 1. The molecular formula is C15H26IN3O. The van der Waals surface area contributed by atoms with E-state index < -0.39 is 5.60 Å². The zero-order chi connectivity index (χ0) is 14.5. The third-order valence-electron chi connectivity index (χ3n) is 3.35. The van der Waals surface area contributed by atoms with E-state index in [0.717, 1.165) is 5.69 Å². The Morgan fingerprint density at radius 3 is 2.15 bits per heavy atom. The van der Waals surface area contributed by atoms with Crippen molar-refractivity contribution in [2.75, 3.05) is 11.9 Å². The molecule has 0 saturated carbocycles. The monoisotopic (exact) mass is 391 g/mol. The third-order valence-corrected chi connectivity index (χ3v) is 3.35. The normalized spacial score (nSPS) is 11.9. The summed E-state index contributed by atoms with van der Waals surface area (Å²) in [7, 11) is 0. The van der Waals surface area contributed by atoms with Crippen LogP contribution in [0, 0.1) is 13.8 Å². The van der Waals surface area contributed by atoms with Crippen molar-refractivity contribution in [3.8, 4) is 0 Å². The van der Waals surface area contributed by atoms with Crippen molar-refractivity contribution in [2.45, 2.75) is 46.1 Å². The molecule has 0 amide bonds. The number of aliphatic hydroxyl groups is 1. The Morgan fingerprint density at radius 1 is 1.20 bits per heavy atom. The highest BCUT2D eigenvalue weighted by Crippen LogP contribution is 2.16. The molecule has 0 aliphatic carbocycles. The highest BCUT2D eigenvalue weighted by atomic mass is 127. The van der Waals surface area contributed by atoms with Gasteiger partial charge >= 0.3 is 0 Å². The lowest BCUT2D eigenvalue weighted by molar-refractivity contribution is 0.0419. The molecule has 0 heterocycles. The van der Waals surface area contributed by atoms with Crippen LogP contribution in [0.5, 0.6) is 0 Å². The number of rotatable bonds is 5. The average Bonchev–Trinajstić information content (AvgIpc) is 2.35. The van der Waals surface area contributed by atoms with Crippen LogP contribution in [-0.2, 0) is 0 Å². The van der Waals surface area contributed by atoms with Crippen molar-refractivity contribution in [2.24, 2.45) is 10.7 Å². The van der Waals surface area contributed by atoms with Gasteiger partial charge < -0.3 is 16.2 Å². The SMILES string of the molecule is CCC(O)(CC)CN=C(N)Nc1cc(C)cc(C)c1.I. The van der Waals surface area contributed by atoms with Crippen molar-refractivity contribution >= 4 is 35.6 Å². The lowest BCUT2D eigenvalue weighted by Crippen LogP contribution is -2.33. The zero-order valence-corrected chi connectivity index (χ0v) is 15.1. The van der Waals surface area contributed by atoms with Crippen LogP contribution in [0.4, 0.5) is 5.69 Å². The molecule has 0 fully saturated rings. The van der Waals surface area contributed by atoms with Crippen LogP contribution in [0.2, 0.25) is 0 Å². The van der Waals surface area contributed by atoms with Gasteiger partial charge in [-0.15, -0.1) is 24.0 Å². The average molecular weight is 391 g/mol. The summed E-state index contributed by atoms with van der Waals surface area (Å²) in [6, 6.07) is 6.13. The molecule has 0 aromatic heterocycles. The molecule has 20 heavy (non-hydrogen) atoms. The summed E-state index contributed by atoms with van der Waals surface area (Å²) in [4.78, 5) is 4.23. The quantitative estimate of drug-likeness (QED) is 0.410. The molecule has 0 aliphatic heterocycles. The van der Waals surface area contributed by atoms with E-state index in [1.807, 2.05) is 39.8 Å². The number of guanidine groups is 1. The highest BCUT2D eigenvalue weighted by molar-refractivity contribution is 14.0. The van der Waals surface area contributed by atoms with Gasteiger partial charge in [0.1, 0.15) is 0 Å². The number of aryl methyl sites for hydroxylation is 2. The van der Waals surface area contributed by atoms with Crippen LogP contribution in [0.15, 0.2) is 23.2 Å². The maximum absolute atomic E-state index is 10.1. The summed E-state index contributed by atoms with van der Waals surface area (Å²) in [5, 5.41) is 13.2. The molecule has 0 aliphatic rings. The second kappa shape index (κ2) is 8.46. The molecule has 114 valence electrons. The van der Waals surface area contributed by atoms with E-state index in [2.05, 4.69) is 16.4 Å². The molecule has 4 nitrogen and oxygen atoms in total. The summed E-state index contributed by atoms with van der Waals surface area (Å²) >= 11 is 0. The predicted molar refractivity (Wildman–Crippen MR) is 97.0 cm³/mol. The molecule has 4 N–H and O–H groups in total. The van der Waals surface area contributed by atoms with Crippen molar-refractivity contribution in [3.63, 3.8) is 0 Å². The minimum atomic E-state index is -0.755. The first-order chi connectivity index (χ1) is 8.88. The first-order valence-corrected chi connectivity index (χ1v) is 6.76. The van der Waals surface area contributed by atoms with E-state index in [4.69, 9.17) is 5.73 Å². The number of benzene rings is 1. The van der Waals surface area contributed by atoms with Crippen molar-refractivity contribution < 1.29 is 5.11 Å². The van der Waals surface area contributed by atoms with E-state index in [1.54, 1.807) is 0 Å². The molecule has 0 atom stereocenters. The van der Waals surface area contributed by atoms with E-state index in [1.165, 1.54) is 11.1 Å². The van der Waals surface area contributed by atoms with Crippen LogP contribution in [-0.4, -0.2) is 23.2 Å². The van der Waals surface area contributed by atoms with Gasteiger partial charge in [-0.25, -0.2) is 0 Å². The standard InChI is InChI=1S/C15H25N3O.HI/c1-5-15(19,6-2)10-17-14(16)18-13-8-11(3)7-12(4)9-13;/h7-9,19H,5-6,10H2,1-4H3,(H3,16,17,18);1H. The van der Waals surface area contributed by atoms with Crippen LogP contribution in [0.3, 0.4) is 0 Å². The number of nitrogens with zero attached hydrogens (tertiary/aromatic N) is 1. The van der Waals surface area contributed by atoms with Gasteiger partial charge in [0.15, 0.2) is 5.96 Å². The minimum Gasteiger partial charge on any atom is -0.388 e. The van der Waals surface area contributed by atoms with Crippen molar-refractivity contribution in [3.05, 3.63) is 29.3 Å². The van der Waals surface area contributed by atoms with Crippen LogP contribution in [0.25, 0.3) is 0 Å². The maximum atomic E-state index is 10.1. The molecule has 0 radical (unpaired) electrons. The smallest absolute Gasteiger partial charge is 0.193 e. The highest BCUT2D eigenvalue weighted by Gasteiger charge is 2.21. The Kier molecular flexibility index (Phi) is 8.12. The second-order valence-electron chi connectivity index (χ2n) is 5.13. The number of nitrogens with two attached hydrogens (primary N) is 1. The molecule has 0 saturated heterocycles. The lowest BCUT2D eigenvalue weighted by Gasteiger charge is -2.22. The minimum absolute atomic E-state index is 0. The number of hydrogen-bond acceptors (Lipinski definition) is 2. The van der Waals surface area contributed by atoms with Gasteiger partial charge in [-0.2, -0.15) is 0 Å². The summed E-state index contributed by atoms with van der Waals surface area (Å²) in [5.74, 6) is 0.338. The van der Waals surface area contributed by atoms with Gasteiger partial charge in [-0.3, -0.25) is 4.99 Å². The fourth-order valence-corrected chi connectivity index (χ4v) is 1.94. The number of hydrogen-bond donors (Lipinski definition) is 3. The Labute approximate surface area is 138 Å². The Hall–Kier alpha value is -0.820. The lowest BCUT2D eigenvalue weighted by atomic mass is 9.98. The maximum Gasteiger partial charge on any atom is 0.193 e. The molecule has 0 spiro atoms. The van der Waals surface area contributed by atoms with Crippen molar-refractivity contribution in [1.29, 1.82) is 0 Å². The number of nitrogens with one attached hydrogen (secondary N) is 1. The Morgan fingerprint density at radius 2 is 1.70 bits per heavy atom. The van der Waals surface area contributed by atoms with Gasteiger partial charge in [0, 0.05) is 5.69 Å². The summed E-state index contributed by atoms with van der Waals surface area (Å²) < 4.78 is 0. The molecule has 1 rings (SSSR count). The number of anilines is 1. The van der Waals surface area contributed by atoms with E-state index >= 15 is 0 Å². The van der Waals surface area contributed by atoms with Crippen LogP contribution < -0.4 is 11.1 Å². The molecule has 0 unspecified atom stereocenters. The topological polar surface area (TPSA) is 70.6 Å². The van der Waals surface area contributed by atoms with E-state index in [9.17, 15) is 5.11 Å². The fourth-order valence-electron chi connectivity index (χ4n) is 1.94. The van der Waals surface area contributed by atoms with E-state index in [-0.39, 0.29) is 24.0 Å². The second-order valence-corrected chi connectivity index (χ2v) is 5.13. The van der Waals surface area contributed by atoms with Gasteiger partial charge in [0.25, 0.3) is 0 Å². The zero-order valence-electron chi connectivity index (χ0n) is 12.7. The predicted octanol–water partition coefficient (Wildman–Crippen LogP) is 3.20. The molecule has 5 heteroatoms. The molecular weight excluding hydrogens is 365 g/mol. The Balaban J connectivity index is 0.00000361. The first kappa shape index (κ1) is 19.2. The van der Waals surface area contributed by atoms with Gasteiger partial charge in [0.2, 0.25) is 0 Å². The van der Waals surface area contributed by atoms with Gasteiger partial charge in [-0.05, 0) is 49.9 Å². The summed E-state index contributed by atoms with van der Waals surface area (Å²) in [6.45, 7) is 8.31.